The van der Waals surface area contributed by atoms with Gasteiger partial charge in [0.25, 0.3) is 5.91 Å². The maximum absolute atomic E-state index is 13.0. The summed E-state index contributed by atoms with van der Waals surface area (Å²) in [6, 6.07) is 11.4. The van der Waals surface area contributed by atoms with Gasteiger partial charge in [0.1, 0.15) is 5.75 Å². The van der Waals surface area contributed by atoms with Crippen LogP contribution in [0.25, 0.3) is 0 Å². The van der Waals surface area contributed by atoms with Gasteiger partial charge in [0.05, 0.1) is 17.6 Å². The standard InChI is InChI=1S/C28H38N2O4S/c1-26(2)17-23(30-25(32)21-6-5-15-35-21)28(14-13-27(3,33)16-22(26)28)12-11-24(31)29-18-19-7-9-20(34-4)10-8-19/h5-10,15,22-23,33H,11-14,16-18H2,1-4H3,(H,29,31)(H,30,32)/t22-,23-,27+,28+/m0/s1. The third-order valence-electron chi connectivity index (χ3n) is 8.35. The molecule has 2 fully saturated rings. The summed E-state index contributed by atoms with van der Waals surface area (Å²) in [5.74, 6) is 0.987. The minimum Gasteiger partial charge on any atom is -0.497 e. The molecule has 2 aliphatic rings. The number of thiophene rings is 1. The van der Waals surface area contributed by atoms with Crippen LogP contribution in [-0.4, -0.2) is 35.7 Å². The lowest BCUT2D eigenvalue weighted by molar-refractivity contribution is -0.123. The first-order chi connectivity index (χ1) is 16.5. The molecule has 35 heavy (non-hydrogen) atoms. The lowest BCUT2D eigenvalue weighted by atomic mass is 9.57. The van der Waals surface area contributed by atoms with E-state index in [0.717, 1.165) is 24.2 Å². The third kappa shape index (κ3) is 5.56. The van der Waals surface area contributed by atoms with Crippen molar-refractivity contribution in [1.29, 1.82) is 0 Å². The molecular formula is C28H38N2O4S. The van der Waals surface area contributed by atoms with Crippen LogP contribution in [0.4, 0.5) is 0 Å². The maximum Gasteiger partial charge on any atom is 0.261 e. The van der Waals surface area contributed by atoms with E-state index in [9.17, 15) is 14.7 Å². The topological polar surface area (TPSA) is 87.7 Å². The molecule has 2 amide bonds. The highest BCUT2D eigenvalue weighted by Gasteiger charge is 2.61. The Bertz CT molecular complexity index is 1030. The van der Waals surface area contributed by atoms with Gasteiger partial charge in [0, 0.05) is 19.0 Å². The van der Waals surface area contributed by atoms with Crippen LogP contribution in [0, 0.1) is 16.7 Å². The number of rotatable bonds is 8. The molecule has 3 N–H and O–H groups in total. The number of hydrogen-bond acceptors (Lipinski definition) is 5. The summed E-state index contributed by atoms with van der Waals surface area (Å²) < 4.78 is 5.20. The lowest BCUT2D eigenvalue weighted by Crippen LogP contribution is -2.52. The van der Waals surface area contributed by atoms with Gasteiger partial charge >= 0.3 is 0 Å². The summed E-state index contributed by atoms with van der Waals surface area (Å²) in [5, 5.41) is 19.2. The highest BCUT2D eigenvalue weighted by atomic mass is 32.1. The summed E-state index contributed by atoms with van der Waals surface area (Å²) in [6.45, 7) is 6.88. The number of carbonyl (C=O) groups excluding carboxylic acids is 2. The maximum atomic E-state index is 13.0. The Morgan fingerprint density at radius 1 is 1.11 bits per heavy atom. The summed E-state index contributed by atoms with van der Waals surface area (Å²) in [4.78, 5) is 26.6. The monoisotopic (exact) mass is 498 g/mol. The van der Waals surface area contributed by atoms with Crippen LogP contribution in [0.5, 0.6) is 5.75 Å². The summed E-state index contributed by atoms with van der Waals surface area (Å²) in [6.07, 6.45) is 4.11. The first kappa shape index (κ1) is 25.7. The first-order valence-electron chi connectivity index (χ1n) is 12.5. The normalized spacial score (nSPS) is 29.3. The number of carbonyl (C=O) groups is 2. The van der Waals surface area contributed by atoms with Crippen molar-refractivity contribution < 1.29 is 19.4 Å². The summed E-state index contributed by atoms with van der Waals surface area (Å²) >= 11 is 1.44. The van der Waals surface area contributed by atoms with Crippen molar-refractivity contribution in [3.05, 3.63) is 52.2 Å². The highest BCUT2D eigenvalue weighted by Crippen LogP contribution is 2.63. The van der Waals surface area contributed by atoms with E-state index in [-0.39, 0.29) is 34.6 Å². The van der Waals surface area contributed by atoms with Crippen LogP contribution < -0.4 is 15.4 Å². The van der Waals surface area contributed by atoms with Crippen molar-refractivity contribution >= 4 is 23.2 Å². The zero-order chi connectivity index (χ0) is 25.3. The van der Waals surface area contributed by atoms with Gasteiger partial charge in [-0.15, -0.1) is 11.3 Å². The molecule has 190 valence electrons. The number of ether oxygens (including phenoxy) is 1. The van der Waals surface area contributed by atoms with Crippen molar-refractivity contribution in [1.82, 2.24) is 10.6 Å². The second-order valence-electron chi connectivity index (χ2n) is 11.3. The fraction of sp³-hybridized carbons (Fsp3) is 0.571. The van der Waals surface area contributed by atoms with Gasteiger partial charge in [-0.1, -0.05) is 32.0 Å². The van der Waals surface area contributed by atoms with Crippen LogP contribution in [0.2, 0.25) is 0 Å². The number of aliphatic hydroxyl groups is 1. The molecular weight excluding hydrogens is 460 g/mol. The molecule has 6 nitrogen and oxygen atoms in total. The van der Waals surface area contributed by atoms with Crippen molar-refractivity contribution in [2.24, 2.45) is 16.7 Å². The second kappa shape index (κ2) is 9.94. The van der Waals surface area contributed by atoms with Crippen LogP contribution in [0.3, 0.4) is 0 Å². The quantitative estimate of drug-likeness (QED) is 0.482. The zero-order valence-corrected chi connectivity index (χ0v) is 22.0. The largest absolute Gasteiger partial charge is 0.497 e. The van der Waals surface area contributed by atoms with Crippen LogP contribution in [-0.2, 0) is 11.3 Å². The van der Waals surface area contributed by atoms with E-state index in [2.05, 4.69) is 24.5 Å². The van der Waals surface area contributed by atoms with E-state index < -0.39 is 5.60 Å². The number of nitrogens with one attached hydrogen (secondary N) is 2. The molecule has 2 saturated carbocycles. The Morgan fingerprint density at radius 3 is 2.51 bits per heavy atom. The number of methoxy groups -OCH3 is 1. The van der Waals surface area contributed by atoms with Gasteiger partial charge in [-0.2, -0.15) is 0 Å². The Kier molecular flexibility index (Phi) is 7.30. The fourth-order valence-electron chi connectivity index (χ4n) is 6.45. The van der Waals surface area contributed by atoms with Crippen LogP contribution in [0.15, 0.2) is 41.8 Å². The average molecular weight is 499 g/mol. The van der Waals surface area contributed by atoms with Gasteiger partial charge < -0.3 is 20.5 Å². The number of benzene rings is 1. The van der Waals surface area contributed by atoms with E-state index in [1.54, 1.807) is 7.11 Å². The van der Waals surface area contributed by atoms with Crippen molar-refractivity contribution in [3.63, 3.8) is 0 Å². The molecule has 4 rings (SSSR count). The highest BCUT2D eigenvalue weighted by molar-refractivity contribution is 7.12. The second-order valence-corrected chi connectivity index (χ2v) is 12.3. The molecule has 7 heteroatoms. The van der Waals surface area contributed by atoms with E-state index in [1.165, 1.54) is 11.3 Å². The molecule has 1 heterocycles. The minimum absolute atomic E-state index is 0.0133. The van der Waals surface area contributed by atoms with Crippen molar-refractivity contribution in [3.8, 4) is 5.75 Å². The molecule has 4 atom stereocenters. The first-order valence-corrected chi connectivity index (χ1v) is 13.4. The third-order valence-corrected chi connectivity index (χ3v) is 9.22. The SMILES string of the molecule is COc1ccc(CNC(=O)CC[C@@]23CC[C@@](C)(O)C[C@H]2C(C)(C)C[C@@H]3NC(=O)c2cccs2)cc1. The van der Waals surface area contributed by atoms with Gasteiger partial charge in [0.15, 0.2) is 0 Å². The van der Waals surface area contributed by atoms with Gasteiger partial charge in [0.2, 0.25) is 5.91 Å². The lowest BCUT2D eigenvalue weighted by Gasteiger charge is -2.50. The molecule has 0 aliphatic heterocycles. The number of hydrogen-bond donors (Lipinski definition) is 3. The van der Waals surface area contributed by atoms with E-state index >= 15 is 0 Å². The number of amides is 2. The summed E-state index contributed by atoms with van der Waals surface area (Å²) in [5.41, 5.74) is 0.0503. The molecule has 0 saturated heterocycles. The molecule has 1 aromatic carbocycles. The van der Waals surface area contributed by atoms with Gasteiger partial charge in [-0.25, -0.2) is 0 Å². The smallest absolute Gasteiger partial charge is 0.261 e. The Balaban J connectivity index is 1.48. The Labute approximate surface area is 212 Å². The molecule has 0 spiro atoms. The van der Waals surface area contributed by atoms with Crippen molar-refractivity contribution in [2.75, 3.05) is 7.11 Å². The molecule has 2 aliphatic carbocycles. The average Bonchev–Trinajstić information content (AvgIpc) is 3.43. The minimum atomic E-state index is -0.714. The van der Waals surface area contributed by atoms with Gasteiger partial charge in [-0.3, -0.25) is 9.59 Å². The van der Waals surface area contributed by atoms with E-state index in [0.29, 0.717) is 37.1 Å². The molecule has 0 unspecified atom stereocenters. The molecule has 2 aromatic rings. The fourth-order valence-corrected chi connectivity index (χ4v) is 7.08. The predicted molar refractivity (Wildman–Crippen MR) is 138 cm³/mol. The van der Waals surface area contributed by atoms with Crippen LogP contribution in [0.1, 0.15) is 74.5 Å². The van der Waals surface area contributed by atoms with E-state index in [1.807, 2.05) is 48.7 Å². The Morgan fingerprint density at radius 2 is 1.86 bits per heavy atom. The van der Waals surface area contributed by atoms with Gasteiger partial charge in [-0.05, 0) is 84.9 Å². The molecule has 0 bridgehead atoms. The Hall–Kier alpha value is -2.38. The summed E-state index contributed by atoms with van der Waals surface area (Å²) in [7, 11) is 1.63. The van der Waals surface area contributed by atoms with Crippen LogP contribution >= 0.6 is 11.3 Å². The number of fused-ring (bicyclic) bond motifs is 1. The predicted octanol–water partition coefficient (Wildman–Crippen LogP) is 4.92. The van der Waals surface area contributed by atoms with E-state index in [4.69, 9.17) is 4.74 Å². The molecule has 0 radical (unpaired) electrons. The molecule has 1 aromatic heterocycles. The zero-order valence-electron chi connectivity index (χ0n) is 21.2. The van der Waals surface area contributed by atoms with Crippen molar-refractivity contribution in [2.45, 2.75) is 77.5 Å².